The van der Waals surface area contributed by atoms with Gasteiger partial charge in [-0.15, -0.1) is 11.3 Å². The summed E-state index contributed by atoms with van der Waals surface area (Å²) in [6, 6.07) is 12.0. The van der Waals surface area contributed by atoms with Crippen LogP contribution in [0.25, 0.3) is 0 Å². The summed E-state index contributed by atoms with van der Waals surface area (Å²) in [6.45, 7) is 0.572. The Hall–Kier alpha value is -3.06. The second-order valence-electron chi connectivity index (χ2n) is 6.43. The Bertz CT molecular complexity index is 1030. The normalized spacial score (nSPS) is 13.1. The van der Waals surface area contributed by atoms with Gasteiger partial charge in [0.25, 0.3) is 11.8 Å². The maximum Gasteiger partial charge on any atom is 0.268 e. The zero-order chi connectivity index (χ0) is 19.7. The van der Waals surface area contributed by atoms with Crippen molar-refractivity contribution >= 4 is 34.5 Å². The molecule has 0 bridgehead atoms. The first-order valence-corrected chi connectivity index (χ1v) is 9.66. The van der Waals surface area contributed by atoms with Crippen LogP contribution in [0, 0.1) is 11.6 Å². The van der Waals surface area contributed by atoms with Crippen LogP contribution in [0.1, 0.15) is 32.0 Å². The number of hydrogen-bond donors (Lipinski definition) is 1. The summed E-state index contributed by atoms with van der Waals surface area (Å²) in [5.74, 6) is -2.82. The van der Waals surface area contributed by atoms with E-state index in [1.807, 2.05) is 17.5 Å². The lowest BCUT2D eigenvalue weighted by atomic mass is 10.0. The van der Waals surface area contributed by atoms with Crippen molar-refractivity contribution < 1.29 is 18.4 Å². The van der Waals surface area contributed by atoms with Crippen LogP contribution in [0.4, 0.5) is 20.2 Å². The van der Waals surface area contributed by atoms with Crippen LogP contribution in [0.5, 0.6) is 0 Å². The molecule has 0 saturated carbocycles. The van der Waals surface area contributed by atoms with Crippen LogP contribution in [-0.2, 0) is 6.42 Å². The highest BCUT2D eigenvalue weighted by molar-refractivity contribution is 7.12. The number of carbonyl (C=O) groups excluding carboxylic acids is 2. The summed E-state index contributed by atoms with van der Waals surface area (Å²) in [5.41, 5.74) is 1.44. The number of aryl methyl sites for hydroxylation is 1. The third kappa shape index (κ3) is 3.41. The molecule has 1 aliphatic rings. The Balaban J connectivity index is 1.63. The van der Waals surface area contributed by atoms with E-state index in [9.17, 15) is 18.4 Å². The van der Waals surface area contributed by atoms with Gasteiger partial charge in [0, 0.05) is 17.9 Å². The molecule has 0 aliphatic carbocycles. The standard InChI is InChI=1S/C21H16F2N2O2S/c22-15-5-1-6-16(23)19(15)20(26)24-14-9-8-13-4-2-10-25(17(13)12-14)21(27)18-7-3-11-28-18/h1,3,5-9,11-12H,2,4,10H2,(H,24,26). The van der Waals surface area contributed by atoms with Crippen molar-refractivity contribution in [3.05, 3.63) is 81.5 Å². The zero-order valence-corrected chi connectivity index (χ0v) is 15.6. The lowest BCUT2D eigenvalue weighted by Crippen LogP contribution is -2.35. The van der Waals surface area contributed by atoms with E-state index >= 15 is 0 Å². The predicted octanol–water partition coefficient (Wildman–Crippen LogP) is 4.87. The highest BCUT2D eigenvalue weighted by atomic mass is 32.1. The van der Waals surface area contributed by atoms with Gasteiger partial charge in [-0.2, -0.15) is 0 Å². The Kier molecular flexibility index (Phi) is 4.92. The minimum atomic E-state index is -0.926. The van der Waals surface area contributed by atoms with Crippen molar-refractivity contribution in [3.8, 4) is 0 Å². The molecule has 2 aromatic carbocycles. The molecule has 0 saturated heterocycles. The van der Waals surface area contributed by atoms with E-state index in [2.05, 4.69) is 5.32 Å². The quantitative estimate of drug-likeness (QED) is 0.684. The highest BCUT2D eigenvalue weighted by Gasteiger charge is 2.25. The Morgan fingerprint density at radius 3 is 2.54 bits per heavy atom. The van der Waals surface area contributed by atoms with Gasteiger partial charge in [-0.05, 0) is 54.1 Å². The van der Waals surface area contributed by atoms with Crippen molar-refractivity contribution in [2.24, 2.45) is 0 Å². The molecule has 2 heterocycles. The third-order valence-electron chi connectivity index (χ3n) is 4.63. The summed E-state index contributed by atoms with van der Waals surface area (Å²) in [7, 11) is 0. The number of rotatable bonds is 3. The smallest absolute Gasteiger partial charge is 0.268 e. The molecule has 1 N–H and O–H groups in total. The number of nitrogens with one attached hydrogen (secondary N) is 1. The maximum absolute atomic E-state index is 13.8. The Labute approximate surface area is 164 Å². The van der Waals surface area contributed by atoms with Gasteiger partial charge in [0.05, 0.1) is 4.88 Å². The molecule has 0 unspecified atom stereocenters. The summed E-state index contributed by atoms with van der Waals surface area (Å²) in [4.78, 5) is 27.5. The van der Waals surface area contributed by atoms with E-state index in [-0.39, 0.29) is 5.91 Å². The fourth-order valence-electron chi connectivity index (χ4n) is 3.30. The number of thiophene rings is 1. The topological polar surface area (TPSA) is 49.4 Å². The first-order chi connectivity index (χ1) is 13.5. The molecule has 0 fully saturated rings. The number of hydrogen-bond acceptors (Lipinski definition) is 3. The van der Waals surface area contributed by atoms with Crippen molar-refractivity contribution in [1.82, 2.24) is 0 Å². The van der Waals surface area contributed by atoms with Gasteiger partial charge in [-0.3, -0.25) is 9.59 Å². The summed E-state index contributed by atoms with van der Waals surface area (Å²) in [6.07, 6.45) is 1.66. The second kappa shape index (κ2) is 7.52. The predicted molar refractivity (Wildman–Crippen MR) is 105 cm³/mol. The number of fused-ring (bicyclic) bond motifs is 1. The van der Waals surface area contributed by atoms with Crippen molar-refractivity contribution in [2.45, 2.75) is 12.8 Å². The SMILES string of the molecule is O=C(Nc1ccc2c(c1)N(C(=O)c1cccs1)CCC2)c1c(F)cccc1F. The number of benzene rings is 2. The molecule has 4 rings (SSSR count). The van der Waals surface area contributed by atoms with E-state index < -0.39 is 23.1 Å². The molecule has 28 heavy (non-hydrogen) atoms. The van der Waals surface area contributed by atoms with E-state index in [1.54, 1.807) is 23.1 Å². The Morgan fingerprint density at radius 2 is 1.82 bits per heavy atom. The van der Waals surface area contributed by atoms with Gasteiger partial charge in [-0.1, -0.05) is 18.2 Å². The number of amides is 2. The summed E-state index contributed by atoms with van der Waals surface area (Å²) in [5, 5.41) is 4.37. The molecule has 4 nitrogen and oxygen atoms in total. The monoisotopic (exact) mass is 398 g/mol. The molecule has 7 heteroatoms. The minimum Gasteiger partial charge on any atom is -0.322 e. The lowest BCUT2D eigenvalue weighted by molar-refractivity contribution is 0.0987. The van der Waals surface area contributed by atoms with Crippen LogP contribution in [0.3, 0.4) is 0 Å². The number of anilines is 2. The molecule has 0 radical (unpaired) electrons. The highest BCUT2D eigenvalue weighted by Crippen LogP contribution is 2.32. The van der Waals surface area contributed by atoms with Crippen molar-refractivity contribution in [2.75, 3.05) is 16.8 Å². The fourth-order valence-corrected chi connectivity index (χ4v) is 3.98. The molecular formula is C21H16F2N2O2S. The lowest BCUT2D eigenvalue weighted by Gasteiger charge is -2.29. The van der Waals surface area contributed by atoms with Gasteiger partial charge in [0.2, 0.25) is 0 Å². The average molecular weight is 398 g/mol. The molecule has 2 amide bonds. The third-order valence-corrected chi connectivity index (χ3v) is 5.49. The van der Waals surface area contributed by atoms with Crippen LogP contribution in [-0.4, -0.2) is 18.4 Å². The number of carbonyl (C=O) groups is 2. The molecular weight excluding hydrogens is 382 g/mol. The van der Waals surface area contributed by atoms with Gasteiger partial charge in [-0.25, -0.2) is 8.78 Å². The van der Waals surface area contributed by atoms with Crippen LogP contribution in [0.15, 0.2) is 53.9 Å². The van der Waals surface area contributed by atoms with Gasteiger partial charge >= 0.3 is 0 Å². The first-order valence-electron chi connectivity index (χ1n) is 8.78. The second-order valence-corrected chi connectivity index (χ2v) is 7.38. The van der Waals surface area contributed by atoms with Crippen molar-refractivity contribution in [3.63, 3.8) is 0 Å². The van der Waals surface area contributed by atoms with E-state index in [4.69, 9.17) is 0 Å². The van der Waals surface area contributed by atoms with Crippen LogP contribution >= 0.6 is 11.3 Å². The average Bonchev–Trinajstić information content (AvgIpc) is 3.21. The van der Waals surface area contributed by atoms with E-state index in [0.29, 0.717) is 22.8 Å². The molecule has 3 aromatic rings. The molecule has 142 valence electrons. The first kappa shape index (κ1) is 18.3. The zero-order valence-electron chi connectivity index (χ0n) is 14.7. The van der Waals surface area contributed by atoms with Gasteiger partial charge < -0.3 is 10.2 Å². The molecule has 1 aromatic heterocycles. The van der Waals surface area contributed by atoms with E-state index in [1.165, 1.54) is 17.4 Å². The molecule has 0 spiro atoms. The largest absolute Gasteiger partial charge is 0.322 e. The Morgan fingerprint density at radius 1 is 1.04 bits per heavy atom. The molecule has 0 atom stereocenters. The maximum atomic E-state index is 13.8. The minimum absolute atomic E-state index is 0.0976. The summed E-state index contributed by atoms with van der Waals surface area (Å²) >= 11 is 1.37. The van der Waals surface area contributed by atoms with E-state index in [0.717, 1.165) is 30.5 Å². The number of nitrogens with zero attached hydrogens (tertiary/aromatic N) is 1. The van der Waals surface area contributed by atoms with Crippen LogP contribution < -0.4 is 10.2 Å². The van der Waals surface area contributed by atoms with Crippen molar-refractivity contribution in [1.29, 1.82) is 0 Å². The summed E-state index contributed by atoms with van der Waals surface area (Å²) < 4.78 is 27.7. The number of halogens is 2. The van der Waals surface area contributed by atoms with Crippen LogP contribution in [0.2, 0.25) is 0 Å². The fraction of sp³-hybridized carbons (Fsp3) is 0.143. The van der Waals surface area contributed by atoms with Gasteiger partial charge in [0.1, 0.15) is 17.2 Å². The molecule has 1 aliphatic heterocycles. The van der Waals surface area contributed by atoms with Gasteiger partial charge in [0.15, 0.2) is 0 Å².